The molecule has 3 aromatic carbocycles. The van der Waals surface area contributed by atoms with Crippen LogP contribution in [0.2, 0.25) is 10.0 Å². The first kappa shape index (κ1) is 32.9. The van der Waals surface area contributed by atoms with E-state index in [4.69, 9.17) is 32.7 Å². The minimum atomic E-state index is -1.15. The van der Waals surface area contributed by atoms with Gasteiger partial charge in [0.05, 0.1) is 24.5 Å². The van der Waals surface area contributed by atoms with Gasteiger partial charge < -0.3 is 24.6 Å². The van der Waals surface area contributed by atoms with Crippen LogP contribution in [0.25, 0.3) is 11.1 Å². The fourth-order valence-electron chi connectivity index (χ4n) is 6.87. The average molecular weight is 706 g/mol. The Kier molecular flexibility index (Phi) is 8.99. The number of carbonyl (C=O) groups is 3. The maximum absolute atomic E-state index is 13.3. The molecule has 2 aliphatic heterocycles. The Labute approximate surface area is 292 Å². The standard InChI is InChI=1S/C36H34Cl2N4O7/c1-20-28(37)5-3-7-32(20)48-10-11-49-36(47)42-18-22-13-27(22)33-26(4-2-6-30(33)42)24-15-39-40(17-24)16-23-12-21(8-9-29(23)38)34(44)41-19-25(43)14-31(41)35(45)46/h2-9,12,15,17,22,25,27,31,43H,10-11,13-14,16,18-19H2,1H3,(H,45,46)/t22-,25-,27-,31-/m0/s1. The third-order valence-electron chi connectivity index (χ3n) is 9.48. The second kappa shape index (κ2) is 13.4. The molecule has 2 amide bonds. The lowest BCUT2D eigenvalue weighted by Gasteiger charge is -2.29. The second-order valence-electron chi connectivity index (χ2n) is 12.7. The van der Waals surface area contributed by atoms with Gasteiger partial charge in [0.2, 0.25) is 0 Å². The highest BCUT2D eigenvalue weighted by Crippen LogP contribution is 2.57. The minimum absolute atomic E-state index is 0.0131. The number of fused-ring (bicyclic) bond motifs is 3. The van der Waals surface area contributed by atoms with Crippen molar-refractivity contribution in [2.75, 3.05) is 31.2 Å². The topological polar surface area (TPSA) is 134 Å². The van der Waals surface area contributed by atoms with E-state index in [1.807, 2.05) is 43.5 Å². The van der Waals surface area contributed by atoms with Crippen molar-refractivity contribution in [2.24, 2.45) is 5.92 Å². The molecule has 1 aliphatic carbocycles. The number of aliphatic carboxylic acids is 1. The first-order valence-corrected chi connectivity index (χ1v) is 16.8. The molecule has 1 saturated heterocycles. The zero-order valence-electron chi connectivity index (χ0n) is 26.6. The molecule has 4 aromatic rings. The Morgan fingerprint density at radius 1 is 1.00 bits per heavy atom. The van der Waals surface area contributed by atoms with Crippen molar-refractivity contribution in [3.63, 3.8) is 0 Å². The highest BCUT2D eigenvalue weighted by atomic mass is 35.5. The summed E-state index contributed by atoms with van der Waals surface area (Å²) in [7, 11) is 0. The Bertz CT molecular complexity index is 1950. The monoisotopic (exact) mass is 704 g/mol. The summed E-state index contributed by atoms with van der Waals surface area (Å²) in [6.45, 7) is 2.97. The van der Waals surface area contributed by atoms with Gasteiger partial charge in [0.25, 0.3) is 5.91 Å². The Morgan fingerprint density at radius 3 is 2.63 bits per heavy atom. The number of ether oxygens (including phenoxy) is 2. The van der Waals surface area contributed by atoms with Gasteiger partial charge in [-0.05, 0) is 78.3 Å². The van der Waals surface area contributed by atoms with E-state index in [0.29, 0.717) is 39.7 Å². The number of β-amino-alcohol motifs (C(OH)–C–C–N with tert-alkyl or cyclic N) is 1. The van der Waals surface area contributed by atoms with E-state index >= 15 is 0 Å². The zero-order chi connectivity index (χ0) is 34.4. The smallest absolute Gasteiger partial charge is 0.414 e. The number of halogens is 2. The van der Waals surface area contributed by atoms with Crippen molar-refractivity contribution >= 4 is 46.9 Å². The number of amides is 2. The number of aliphatic hydroxyl groups excluding tert-OH is 1. The van der Waals surface area contributed by atoms with Crippen molar-refractivity contribution < 1.29 is 34.1 Å². The summed E-state index contributed by atoms with van der Waals surface area (Å²) < 4.78 is 13.2. The number of hydrogen-bond donors (Lipinski definition) is 2. The molecule has 0 bridgehead atoms. The van der Waals surface area contributed by atoms with Gasteiger partial charge >= 0.3 is 12.1 Å². The largest absolute Gasteiger partial charge is 0.490 e. The highest BCUT2D eigenvalue weighted by Gasteiger charge is 2.48. The maximum atomic E-state index is 13.3. The van der Waals surface area contributed by atoms with E-state index < -0.39 is 30.1 Å². The lowest BCUT2D eigenvalue weighted by molar-refractivity contribution is -0.141. The summed E-state index contributed by atoms with van der Waals surface area (Å²) in [5.41, 5.74) is 5.51. The molecule has 0 spiro atoms. The van der Waals surface area contributed by atoms with Crippen LogP contribution < -0.4 is 9.64 Å². The number of nitrogens with zero attached hydrogens (tertiary/aromatic N) is 4. The molecule has 1 saturated carbocycles. The lowest BCUT2D eigenvalue weighted by Crippen LogP contribution is -2.40. The van der Waals surface area contributed by atoms with Gasteiger partial charge in [0, 0.05) is 52.4 Å². The molecule has 13 heteroatoms. The highest BCUT2D eigenvalue weighted by molar-refractivity contribution is 6.31. The number of carboxylic acids is 1. The molecule has 1 aromatic heterocycles. The average Bonchev–Trinajstić information content (AvgIpc) is 3.54. The zero-order valence-corrected chi connectivity index (χ0v) is 28.1. The molecule has 3 aliphatic rings. The van der Waals surface area contributed by atoms with Crippen LogP contribution in [0.5, 0.6) is 5.75 Å². The predicted molar refractivity (Wildman–Crippen MR) is 183 cm³/mol. The van der Waals surface area contributed by atoms with Crippen molar-refractivity contribution in [1.29, 1.82) is 0 Å². The molecular weight excluding hydrogens is 671 g/mol. The predicted octanol–water partition coefficient (Wildman–Crippen LogP) is 6.01. The molecule has 0 radical (unpaired) electrons. The SMILES string of the molecule is Cc1c(Cl)cccc1OCCOC(=O)N1C[C@@H]2C[C@@H]2c2c(-c3cnn(Cc4cc(C(=O)N5C[C@@H](O)C[C@H]5C(=O)O)ccc4Cl)c3)cccc21. The van der Waals surface area contributed by atoms with E-state index in [2.05, 4.69) is 5.10 Å². The summed E-state index contributed by atoms with van der Waals surface area (Å²) in [4.78, 5) is 41.1. The number of aliphatic hydroxyl groups is 1. The van der Waals surface area contributed by atoms with Crippen LogP contribution in [-0.2, 0) is 16.1 Å². The van der Waals surface area contributed by atoms with Crippen LogP contribution in [0.1, 0.15) is 45.8 Å². The van der Waals surface area contributed by atoms with Crippen molar-refractivity contribution in [2.45, 2.75) is 44.4 Å². The summed E-state index contributed by atoms with van der Waals surface area (Å²) in [6, 6.07) is 15.0. The maximum Gasteiger partial charge on any atom is 0.414 e. The molecule has 4 atom stereocenters. The van der Waals surface area contributed by atoms with Crippen LogP contribution in [-0.4, -0.2) is 81.3 Å². The number of carbonyl (C=O) groups excluding carboxylic acids is 2. The van der Waals surface area contributed by atoms with Gasteiger partial charge in [-0.3, -0.25) is 14.4 Å². The van der Waals surface area contributed by atoms with Crippen LogP contribution in [0.4, 0.5) is 10.5 Å². The van der Waals surface area contributed by atoms with Gasteiger partial charge in [0.1, 0.15) is 25.0 Å². The number of benzene rings is 3. The van der Waals surface area contributed by atoms with Gasteiger partial charge in [-0.2, -0.15) is 5.10 Å². The molecule has 3 heterocycles. The van der Waals surface area contributed by atoms with Crippen molar-refractivity contribution in [3.8, 4) is 16.9 Å². The number of hydrogen-bond acceptors (Lipinski definition) is 7. The van der Waals surface area contributed by atoms with Gasteiger partial charge in [-0.15, -0.1) is 0 Å². The fraction of sp³-hybridized carbons (Fsp3) is 0.333. The first-order valence-electron chi connectivity index (χ1n) is 16.1. The molecule has 11 nitrogen and oxygen atoms in total. The van der Waals surface area contributed by atoms with Gasteiger partial charge in [-0.25, -0.2) is 9.59 Å². The summed E-state index contributed by atoms with van der Waals surface area (Å²) in [5.74, 6) is -0.303. The normalized spacial score (nSPS) is 20.8. The fourth-order valence-corrected chi connectivity index (χ4v) is 7.21. The van der Waals surface area contributed by atoms with E-state index in [-0.39, 0.29) is 38.3 Å². The number of aromatic nitrogens is 2. The summed E-state index contributed by atoms with van der Waals surface area (Å²) in [6.07, 6.45) is 3.32. The molecular formula is C36H34Cl2N4O7. The third kappa shape index (κ3) is 6.58. The molecule has 7 rings (SSSR count). The quantitative estimate of drug-likeness (QED) is 0.202. The van der Waals surface area contributed by atoms with E-state index in [9.17, 15) is 24.6 Å². The first-order chi connectivity index (χ1) is 23.6. The number of likely N-dealkylation sites (tertiary alicyclic amines) is 1. The van der Waals surface area contributed by atoms with E-state index in [1.165, 1.54) is 4.90 Å². The Hall–Kier alpha value is -4.58. The third-order valence-corrected chi connectivity index (χ3v) is 10.3. The number of carboxylic acid groups (broad SMARTS) is 1. The van der Waals surface area contributed by atoms with Crippen molar-refractivity contribution in [3.05, 3.63) is 99.3 Å². The van der Waals surface area contributed by atoms with Crippen LogP contribution in [0.3, 0.4) is 0 Å². The van der Waals surface area contributed by atoms with Gasteiger partial charge in [-0.1, -0.05) is 41.4 Å². The molecule has 2 N–H and O–H groups in total. The molecule has 254 valence electrons. The number of rotatable bonds is 9. The number of anilines is 1. The Morgan fingerprint density at radius 2 is 1.82 bits per heavy atom. The van der Waals surface area contributed by atoms with E-state index in [0.717, 1.165) is 34.4 Å². The Balaban J connectivity index is 1.05. The van der Waals surface area contributed by atoms with Crippen molar-refractivity contribution in [1.82, 2.24) is 14.7 Å². The molecule has 0 unspecified atom stereocenters. The van der Waals surface area contributed by atoms with Crippen LogP contribution in [0.15, 0.2) is 67.0 Å². The van der Waals surface area contributed by atoms with E-state index in [1.54, 1.807) is 40.0 Å². The minimum Gasteiger partial charge on any atom is -0.490 e. The summed E-state index contributed by atoms with van der Waals surface area (Å²) in [5, 5.41) is 25.2. The second-order valence-corrected chi connectivity index (χ2v) is 13.5. The summed E-state index contributed by atoms with van der Waals surface area (Å²) >= 11 is 12.7. The van der Waals surface area contributed by atoms with Crippen LogP contribution in [0, 0.1) is 12.8 Å². The molecule has 2 fully saturated rings. The molecule has 49 heavy (non-hydrogen) atoms. The lowest BCUT2D eigenvalue weighted by atomic mass is 9.93. The van der Waals surface area contributed by atoms with Crippen LogP contribution >= 0.6 is 23.2 Å². The van der Waals surface area contributed by atoms with Gasteiger partial charge in [0.15, 0.2) is 0 Å².